The highest BCUT2D eigenvalue weighted by molar-refractivity contribution is 7.46. The average molecular weight is 200 g/mol. The molecule has 0 fully saturated rings. The van der Waals surface area contributed by atoms with Crippen molar-refractivity contribution in [3.8, 4) is 0 Å². The summed E-state index contributed by atoms with van der Waals surface area (Å²) in [5.74, 6) is 0. The minimum Gasteiger partial charge on any atom is -0.450 e. The summed E-state index contributed by atoms with van der Waals surface area (Å²) in [5.41, 5.74) is 0. The second-order valence-electron chi connectivity index (χ2n) is 1.79. The van der Waals surface area contributed by atoms with Gasteiger partial charge >= 0.3 is 14.0 Å². The number of phosphoric ester groups is 1. The Morgan fingerprint density at radius 3 is 2.33 bits per heavy atom. The highest BCUT2D eigenvalue weighted by atomic mass is 31.2. The van der Waals surface area contributed by atoms with Crippen LogP contribution in [0.15, 0.2) is 0 Å². The molecule has 0 saturated carbocycles. The van der Waals surface area contributed by atoms with Crippen LogP contribution in [0, 0.1) is 0 Å². The van der Waals surface area contributed by atoms with E-state index < -0.39 is 14.0 Å². The fourth-order valence-electron chi connectivity index (χ4n) is 0.402. The van der Waals surface area contributed by atoms with Gasteiger partial charge in [-0.15, -0.1) is 0 Å². The lowest BCUT2D eigenvalue weighted by Crippen LogP contribution is -2.04. The number of hydrogen-bond donors (Lipinski definition) is 3. The van der Waals surface area contributed by atoms with Gasteiger partial charge in [-0.05, 0) is 0 Å². The van der Waals surface area contributed by atoms with Gasteiger partial charge in [0.2, 0.25) is 0 Å². The maximum atomic E-state index is 10.0. The van der Waals surface area contributed by atoms with E-state index in [1.54, 1.807) is 0 Å². The molecule has 0 spiro atoms. The molecular formula is C4H9O7P. The molecule has 3 N–H and O–H groups in total. The van der Waals surface area contributed by atoms with Crippen molar-refractivity contribution in [2.24, 2.45) is 0 Å². The first-order chi connectivity index (χ1) is 5.42. The van der Waals surface area contributed by atoms with Gasteiger partial charge < -0.3 is 19.6 Å². The van der Waals surface area contributed by atoms with Gasteiger partial charge in [-0.1, -0.05) is 0 Å². The van der Waals surface area contributed by atoms with Gasteiger partial charge in [0.25, 0.3) is 0 Å². The minimum atomic E-state index is -4.43. The standard InChI is InChI=1S/C4H9O7P/c5-4(6)10-2-1-3-11-12(7,8)9/h1-3H2,(H,5,6)(H2,7,8,9). The third-order valence-corrected chi connectivity index (χ3v) is 1.29. The van der Waals surface area contributed by atoms with E-state index in [0.29, 0.717) is 0 Å². The van der Waals surface area contributed by atoms with E-state index in [1.165, 1.54) is 0 Å². The Morgan fingerprint density at radius 2 is 1.92 bits per heavy atom. The zero-order chi connectivity index (χ0) is 9.61. The highest BCUT2D eigenvalue weighted by Gasteiger charge is 2.12. The number of ether oxygens (including phenoxy) is 1. The van der Waals surface area contributed by atoms with Crippen LogP contribution in [-0.2, 0) is 13.8 Å². The van der Waals surface area contributed by atoms with Crippen LogP contribution in [0.3, 0.4) is 0 Å². The van der Waals surface area contributed by atoms with Crippen molar-refractivity contribution in [2.45, 2.75) is 6.42 Å². The van der Waals surface area contributed by atoms with Crippen molar-refractivity contribution in [3.05, 3.63) is 0 Å². The minimum absolute atomic E-state index is 0.109. The molecule has 0 atom stereocenters. The fourth-order valence-corrected chi connectivity index (χ4v) is 0.769. The Kier molecular flexibility index (Phi) is 4.84. The molecule has 7 nitrogen and oxygen atoms in total. The first-order valence-electron chi connectivity index (χ1n) is 2.97. The van der Waals surface area contributed by atoms with Gasteiger partial charge in [0.1, 0.15) is 0 Å². The fraction of sp³-hybridized carbons (Fsp3) is 0.750. The number of hydrogen-bond acceptors (Lipinski definition) is 4. The normalized spacial score (nSPS) is 11.2. The van der Waals surface area contributed by atoms with Crippen LogP contribution in [0.25, 0.3) is 0 Å². The van der Waals surface area contributed by atoms with E-state index in [9.17, 15) is 9.36 Å². The lowest BCUT2D eigenvalue weighted by atomic mass is 10.5. The monoisotopic (exact) mass is 200 g/mol. The molecule has 12 heavy (non-hydrogen) atoms. The molecule has 0 radical (unpaired) electrons. The summed E-state index contributed by atoms with van der Waals surface area (Å²) in [6, 6.07) is 0. The van der Waals surface area contributed by atoms with E-state index in [1.807, 2.05) is 0 Å². The predicted octanol–water partition coefficient (Wildman–Crippen LogP) is 0.180. The van der Waals surface area contributed by atoms with Gasteiger partial charge in [0.15, 0.2) is 0 Å². The summed E-state index contributed by atoms with van der Waals surface area (Å²) >= 11 is 0. The lowest BCUT2D eigenvalue weighted by Gasteiger charge is -2.03. The van der Waals surface area contributed by atoms with Crippen LogP contribution >= 0.6 is 7.82 Å². The van der Waals surface area contributed by atoms with Crippen molar-refractivity contribution in [3.63, 3.8) is 0 Å². The number of rotatable bonds is 5. The van der Waals surface area contributed by atoms with E-state index in [-0.39, 0.29) is 19.6 Å². The summed E-state index contributed by atoms with van der Waals surface area (Å²) in [4.78, 5) is 26.1. The molecule has 0 heterocycles. The van der Waals surface area contributed by atoms with E-state index >= 15 is 0 Å². The summed E-state index contributed by atoms with van der Waals surface area (Å²) in [5, 5.41) is 7.96. The Balaban J connectivity index is 3.23. The SMILES string of the molecule is O=C(O)OCCCOP(=O)(O)O. The molecule has 72 valence electrons. The van der Waals surface area contributed by atoms with Crippen molar-refractivity contribution in [2.75, 3.05) is 13.2 Å². The molecule has 0 aromatic rings. The van der Waals surface area contributed by atoms with Gasteiger partial charge in [0, 0.05) is 6.42 Å². The van der Waals surface area contributed by atoms with Crippen LogP contribution in [0.5, 0.6) is 0 Å². The van der Waals surface area contributed by atoms with Crippen LogP contribution in [0.2, 0.25) is 0 Å². The Labute approximate surface area is 68.2 Å². The lowest BCUT2D eigenvalue weighted by molar-refractivity contribution is 0.0847. The maximum absolute atomic E-state index is 10.0. The van der Waals surface area contributed by atoms with E-state index in [2.05, 4.69) is 9.26 Å². The van der Waals surface area contributed by atoms with E-state index in [0.717, 1.165) is 0 Å². The van der Waals surface area contributed by atoms with Crippen LogP contribution in [-0.4, -0.2) is 34.3 Å². The van der Waals surface area contributed by atoms with Crippen LogP contribution in [0.1, 0.15) is 6.42 Å². The maximum Gasteiger partial charge on any atom is 0.505 e. The van der Waals surface area contributed by atoms with Crippen molar-refractivity contribution in [1.82, 2.24) is 0 Å². The zero-order valence-electron chi connectivity index (χ0n) is 6.04. The van der Waals surface area contributed by atoms with Gasteiger partial charge in [0.05, 0.1) is 13.2 Å². The second kappa shape index (κ2) is 5.10. The van der Waals surface area contributed by atoms with Crippen LogP contribution < -0.4 is 0 Å². The molecular weight excluding hydrogens is 191 g/mol. The molecule has 0 rings (SSSR count). The second-order valence-corrected chi connectivity index (χ2v) is 3.03. The Bertz CT molecular complexity index is 184. The third-order valence-electron chi connectivity index (χ3n) is 0.774. The van der Waals surface area contributed by atoms with Gasteiger partial charge in [-0.25, -0.2) is 9.36 Å². The molecule has 0 aliphatic carbocycles. The summed E-state index contributed by atoms with van der Waals surface area (Å²) in [6.45, 7) is -0.382. The summed E-state index contributed by atoms with van der Waals surface area (Å²) in [6.07, 6.45) is -1.32. The number of phosphoric acid groups is 1. The van der Waals surface area contributed by atoms with Crippen molar-refractivity contribution < 1.29 is 33.5 Å². The Hall–Kier alpha value is -0.620. The number of carboxylic acid groups (broad SMARTS) is 1. The quantitative estimate of drug-likeness (QED) is 0.329. The van der Waals surface area contributed by atoms with Crippen LogP contribution in [0.4, 0.5) is 4.79 Å². The Morgan fingerprint density at radius 1 is 1.33 bits per heavy atom. The molecule has 8 heteroatoms. The largest absolute Gasteiger partial charge is 0.505 e. The van der Waals surface area contributed by atoms with E-state index in [4.69, 9.17) is 14.9 Å². The molecule has 0 aromatic heterocycles. The zero-order valence-corrected chi connectivity index (χ0v) is 6.94. The first-order valence-corrected chi connectivity index (χ1v) is 4.50. The summed E-state index contributed by atoms with van der Waals surface area (Å²) < 4.78 is 18.1. The predicted molar refractivity (Wildman–Crippen MR) is 36.6 cm³/mol. The summed E-state index contributed by atoms with van der Waals surface area (Å²) in [7, 11) is -4.43. The van der Waals surface area contributed by atoms with Crippen molar-refractivity contribution in [1.29, 1.82) is 0 Å². The molecule has 0 aliphatic rings. The third kappa shape index (κ3) is 9.38. The highest BCUT2D eigenvalue weighted by Crippen LogP contribution is 2.35. The topological polar surface area (TPSA) is 113 Å². The average Bonchev–Trinajstić information content (AvgIpc) is 1.83. The number of carbonyl (C=O) groups is 1. The van der Waals surface area contributed by atoms with Gasteiger partial charge in [-0.2, -0.15) is 0 Å². The molecule has 0 unspecified atom stereocenters. The molecule has 0 aliphatic heterocycles. The molecule has 0 aromatic carbocycles. The molecule has 0 saturated heterocycles. The van der Waals surface area contributed by atoms with Gasteiger partial charge in [-0.3, -0.25) is 4.52 Å². The first kappa shape index (κ1) is 11.4. The molecule has 0 bridgehead atoms. The molecule has 0 amide bonds. The smallest absolute Gasteiger partial charge is 0.450 e. The van der Waals surface area contributed by atoms with Crippen molar-refractivity contribution >= 4 is 14.0 Å².